The van der Waals surface area contributed by atoms with Crippen molar-refractivity contribution in [2.75, 3.05) is 25.3 Å². The van der Waals surface area contributed by atoms with Crippen molar-refractivity contribution in [3.63, 3.8) is 0 Å². The predicted octanol–water partition coefficient (Wildman–Crippen LogP) is 2.22. The minimum Gasteiger partial charge on any atom is -0.493 e. The van der Waals surface area contributed by atoms with Crippen LogP contribution in [-0.2, 0) is 4.79 Å². The minimum absolute atomic E-state index is 0.0553. The van der Waals surface area contributed by atoms with Crippen molar-refractivity contribution >= 4 is 23.6 Å². The molecule has 1 heterocycles. The molecule has 1 aromatic carbocycles. The summed E-state index contributed by atoms with van der Waals surface area (Å²) in [6.07, 6.45) is 2.15. The molecule has 0 radical (unpaired) electrons. The van der Waals surface area contributed by atoms with E-state index >= 15 is 0 Å². The zero-order valence-electron chi connectivity index (χ0n) is 13.5. The van der Waals surface area contributed by atoms with Crippen molar-refractivity contribution < 1.29 is 14.3 Å². The Morgan fingerprint density at radius 2 is 2.09 bits per heavy atom. The molecule has 1 aliphatic heterocycles. The molecular weight excluding hydrogens is 312 g/mol. The lowest BCUT2D eigenvalue weighted by Crippen LogP contribution is -2.48. The Labute approximate surface area is 141 Å². The van der Waals surface area contributed by atoms with Gasteiger partial charge >= 0.3 is 0 Å². The summed E-state index contributed by atoms with van der Waals surface area (Å²) in [4.78, 5) is 29.1. The smallest absolute Gasteiger partial charge is 0.259 e. The van der Waals surface area contributed by atoms with E-state index < -0.39 is 0 Å². The summed E-state index contributed by atoms with van der Waals surface area (Å²) in [5, 5.41) is 0. The average molecular weight is 334 g/mol. The fourth-order valence-electron chi connectivity index (χ4n) is 2.80. The minimum atomic E-state index is -0.368. The first-order valence-electron chi connectivity index (χ1n) is 8.00. The molecule has 0 spiro atoms. The molecule has 2 aliphatic rings. The van der Waals surface area contributed by atoms with Crippen LogP contribution in [0.4, 0.5) is 0 Å². The predicted molar refractivity (Wildman–Crippen MR) is 90.7 cm³/mol. The Morgan fingerprint density at radius 1 is 1.35 bits per heavy atom. The maximum atomic E-state index is 12.9. The van der Waals surface area contributed by atoms with Gasteiger partial charge in [-0.15, -0.1) is 11.8 Å². The molecule has 1 saturated heterocycles. The van der Waals surface area contributed by atoms with Gasteiger partial charge in [-0.25, -0.2) is 0 Å². The molecule has 2 fully saturated rings. The van der Waals surface area contributed by atoms with Crippen molar-refractivity contribution in [1.29, 1.82) is 0 Å². The maximum Gasteiger partial charge on any atom is 0.259 e. The Kier molecular flexibility index (Phi) is 4.80. The monoisotopic (exact) mass is 334 g/mol. The lowest BCUT2D eigenvalue weighted by atomic mass is 10.1. The molecule has 6 heteroatoms. The number of nitrogens with zero attached hydrogens (tertiary/aromatic N) is 2. The van der Waals surface area contributed by atoms with Crippen molar-refractivity contribution in [3.8, 4) is 5.75 Å². The highest BCUT2D eigenvalue weighted by Crippen LogP contribution is 2.31. The van der Waals surface area contributed by atoms with Gasteiger partial charge in [0.25, 0.3) is 5.91 Å². The fourth-order valence-corrected chi connectivity index (χ4v) is 3.95. The van der Waals surface area contributed by atoms with E-state index in [1.807, 2.05) is 31.0 Å². The first-order valence-corrected chi connectivity index (χ1v) is 9.16. The summed E-state index contributed by atoms with van der Waals surface area (Å²) in [5.41, 5.74) is 0.531. The van der Waals surface area contributed by atoms with Gasteiger partial charge in [-0.2, -0.15) is 0 Å². The van der Waals surface area contributed by atoms with Crippen LogP contribution in [0.5, 0.6) is 5.75 Å². The lowest BCUT2D eigenvalue weighted by Gasteiger charge is -2.27. The summed E-state index contributed by atoms with van der Waals surface area (Å²) in [6.45, 7) is 2.40. The number of carbonyl (C=O) groups is 2. The number of benzene rings is 1. The zero-order chi connectivity index (χ0) is 16.4. The molecular formula is C17H22N2O3S. The number of thioether (sulfide) groups is 1. The largest absolute Gasteiger partial charge is 0.493 e. The van der Waals surface area contributed by atoms with Gasteiger partial charge in [0.05, 0.1) is 18.0 Å². The molecule has 0 unspecified atom stereocenters. The summed E-state index contributed by atoms with van der Waals surface area (Å²) in [5.74, 6) is 1.73. The van der Waals surface area contributed by atoms with Crippen LogP contribution in [0.1, 0.15) is 30.1 Å². The molecule has 5 nitrogen and oxygen atoms in total. The second-order valence-corrected chi connectivity index (χ2v) is 6.90. The van der Waals surface area contributed by atoms with E-state index in [0.717, 1.165) is 12.8 Å². The molecule has 0 N–H and O–H groups in total. The number of likely N-dealkylation sites (N-methyl/N-ethyl adjacent to an activating group) is 1. The Balaban J connectivity index is 1.79. The summed E-state index contributed by atoms with van der Waals surface area (Å²) < 4.78 is 5.56. The third-order valence-corrected chi connectivity index (χ3v) is 5.30. The SMILES string of the molecule is CCOc1ccccc1C(=O)N1CSC[C@H]1C(=O)N(C)C1CC1. The summed E-state index contributed by atoms with van der Waals surface area (Å²) in [6, 6.07) is 7.24. The van der Waals surface area contributed by atoms with E-state index in [0.29, 0.717) is 35.6 Å². The molecule has 0 bridgehead atoms. The highest BCUT2D eigenvalue weighted by atomic mass is 32.2. The van der Waals surface area contributed by atoms with Gasteiger partial charge in [0, 0.05) is 18.8 Å². The first-order chi connectivity index (χ1) is 11.1. The van der Waals surface area contributed by atoms with Crippen LogP contribution in [0.2, 0.25) is 0 Å². The number of hydrogen-bond acceptors (Lipinski definition) is 4. The number of rotatable bonds is 5. The van der Waals surface area contributed by atoms with Gasteiger partial charge in [-0.3, -0.25) is 9.59 Å². The van der Waals surface area contributed by atoms with Crippen molar-refractivity contribution in [3.05, 3.63) is 29.8 Å². The van der Waals surface area contributed by atoms with Gasteiger partial charge in [-0.05, 0) is 31.9 Å². The second-order valence-electron chi connectivity index (χ2n) is 5.90. The summed E-state index contributed by atoms with van der Waals surface area (Å²) in [7, 11) is 1.85. The van der Waals surface area contributed by atoms with Crippen LogP contribution >= 0.6 is 11.8 Å². The topological polar surface area (TPSA) is 49.9 Å². The van der Waals surface area contributed by atoms with E-state index in [2.05, 4.69) is 0 Å². The third-order valence-electron chi connectivity index (χ3n) is 4.29. The van der Waals surface area contributed by atoms with Crippen LogP contribution < -0.4 is 4.74 Å². The molecule has 3 rings (SSSR count). The number of hydrogen-bond donors (Lipinski definition) is 0. The molecule has 23 heavy (non-hydrogen) atoms. The molecule has 1 aliphatic carbocycles. The van der Waals surface area contributed by atoms with Crippen LogP contribution in [0.15, 0.2) is 24.3 Å². The van der Waals surface area contributed by atoms with Crippen LogP contribution in [0, 0.1) is 0 Å². The van der Waals surface area contributed by atoms with Gasteiger partial charge in [0.1, 0.15) is 11.8 Å². The van der Waals surface area contributed by atoms with Crippen LogP contribution in [0.25, 0.3) is 0 Å². The van der Waals surface area contributed by atoms with E-state index in [1.54, 1.807) is 28.8 Å². The highest BCUT2D eigenvalue weighted by molar-refractivity contribution is 7.99. The molecule has 0 aromatic heterocycles. The maximum absolute atomic E-state index is 12.9. The lowest BCUT2D eigenvalue weighted by molar-refractivity contribution is -0.134. The van der Waals surface area contributed by atoms with Crippen molar-refractivity contribution in [1.82, 2.24) is 9.80 Å². The van der Waals surface area contributed by atoms with Crippen molar-refractivity contribution in [2.45, 2.75) is 31.8 Å². The molecule has 124 valence electrons. The van der Waals surface area contributed by atoms with E-state index in [-0.39, 0.29) is 17.9 Å². The number of amides is 2. The summed E-state index contributed by atoms with van der Waals surface area (Å²) >= 11 is 1.63. The quantitative estimate of drug-likeness (QED) is 0.828. The van der Waals surface area contributed by atoms with Crippen LogP contribution in [-0.4, -0.2) is 59.0 Å². The number of carbonyl (C=O) groups excluding carboxylic acids is 2. The Morgan fingerprint density at radius 3 is 2.78 bits per heavy atom. The van der Waals surface area contributed by atoms with Crippen molar-refractivity contribution in [2.24, 2.45) is 0 Å². The average Bonchev–Trinajstić information content (AvgIpc) is 3.30. The normalized spacial score (nSPS) is 20.4. The molecule has 1 aromatic rings. The number of ether oxygens (including phenoxy) is 1. The molecule has 2 amide bonds. The van der Waals surface area contributed by atoms with Gasteiger partial charge in [0.2, 0.25) is 5.91 Å². The molecule has 1 atom stereocenters. The standard InChI is InChI=1S/C17H22N2O3S/c1-3-22-15-7-5-4-6-13(15)16(20)19-11-23-10-14(19)17(21)18(2)12-8-9-12/h4-7,12,14H,3,8-11H2,1-2H3/t14-/m0/s1. The fraction of sp³-hybridized carbons (Fsp3) is 0.529. The van der Waals surface area contributed by atoms with E-state index in [1.165, 1.54) is 0 Å². The highest BCUT2D eigenvalue weighted by Gasteiger charge is 2.40. The first kappa shape index (κ1) is 16.2. The van der Waals surface area contributed by atoms with Crippen LogP contribution in [0.3, 0.4) is 0 Å². The van der Waals surface area contributed by atoms with Gasteiger partial charge in [0.15, 0.2) is 0 Å². The Hall–Kier alpha value is -1.69. The Bertz CT molecular complexity index is 603. The zero-order valence-corrected chi connectivity index (χ0v) is 14.3. The van der Waals surface area contributed by atoms with E-state index in [4.69, 9.17) is 4.74 Å². The second kappa shape index (κ2) is 6.83. The number of para-hydroxylation sites is 1. The van der Waals surface area contributed by atoms with Gasteiger partial charge < -0.3 is 14.5 Å². The molecule has 1 saturated carbocycles. The van der Waals surface area contributed by atoms with E-state index in [9.17, 15) is 9.59 Å². The third kappa shape index (κ3) is 3.32. The van der Waals surface area contributed by atoms with Gasteiger partial charge in [-0.1, -0.05) is 12.1 Å².